The van der Waals surface area contributed by atoms with E-state index in [-0.39, 0.29) is 18.4 Å². The van der Waals surface area contributed by atoms with Gasteiger partial charge in [-0.25, -0.2) is 0 Å². The molecule has 1 aromatic carbocycles. The van der Waals surface area contributed by atoms with Crippen LogP contribution in [0.5, 0.6) is 0 Å². The second-order valence-electron chi connectivity index (χ2n) is 7.88. The van der Waals surface area contributed by atoms with Crippen LogP contribution in [0.4, 0.5) is 0 Å². The molecule has 1 atom stereocenters. The Labute approximate surface area is 166 Å². The van der Waals surface area contributed by atoms with Crippen molar-refractivity contribution in [1.29, 1.82) is 0 Å². The summed E-state index contributed by atoms with van der Waals surface area (Å²) in [5, 5.41) is 0. The molecule has 3 amide bonds. The molecular formula is C21H30N4O3. The molecule has 7 nitrogen and oxygen atoms in total. The number of piperidine rings is 1. The van der Waals surface area contributed by atoms with Crippen LogP contribution in [0.15, 0.2) is 30.3 Å². The number of carbonyl (C=O) groups is 3. The van der Waals surface area contributed by atoms with Crippen LogP contribution in [0.25, 0.3) is 0 Å². The summed E-state index contributed by atoms with van der Waals surface area (Å²) >= 11 is 0. The number of nitrogens with zero attached hydrogens (tertiary/aromatic N) is 3. The monoisotopic (exact) mass is 386 g/mol. The van der Waals surface area contributed by atoms with Crippen molar-refractivity contribution in [3.8, 4) is 0 Å². The Hall–Kier alpha value is -2.41. The Bertz CT molecular complexity index is 701. The maximum absolute atomic E-state index is 12.7. The number of carbonyl (C=O) groups excluding carboxylic acids is 3. The van der Waals surface area contributed by atoms with Gasteiger partial charge in [0.15, 0.2) is 0 Å². The van der Waals surface area contributed by atoms with Crippen molar-refractivity contribution >= 4 is 17.7 Å². The Morgan fingerprint density at radius 3 is 2.32 bits per heavy atom. The maximum atomic E-state index is 12.7. The van der Waals surface area contributed by atoms with E-state index in [2.05, 4.69) is 29.2 Å². The van der Waals surface area contributed by atoms with Crippen molar-refractivity contribution in [3.63, 3.8) is 0 Å². The molecule has 2 heterocycles. The fourth-order valence-electron chi connectivity index (χ4n) is 4.22. The number of hydrogen-bond donors (Lipinski definition) is 1. The SMILES string of the molecule is CC(=O)N1CCN(C(=O)CN2CCC(Cc3ccccc3)CC2)CC1C(N)=O. The van der Waals surface area contributed by atoms with Crippen LogP contribution in [-0.2, 0) is 20.8 Å². The lowest BCUT2D eigenvalue weighted by Gasteiger charge is -2.40. The molecule has 2 aliphatic rings. The third-order valence-corrected chi connectivity index (χ3v) is 5.90. The summed E-state index contributed by atoms with van der Waals surface area (Å²) in [7, 11) is 0. The largest absolute Gasteiger partial charge is 0.368 e. The highest BCUT2D eigenvalue weighted by atomic mass is 16.2. The molecule has 1 unspecified atom stereocenters. The molecule has 2 aliphatic heterocycles. The van der Waals surface area contributed by atoms with Crippen LogP contribution in [0.1, 0.15) is 25.3 Å². The normalized spacial score (nSPS) is 21.5. The van der Waals surface area contributed by atoms with Gasteiger partial charge >= 0.3 is 0 Å². The number of benzene rings is 1. The first-order chi connectivity index (χ1) is 13.4. The predicted octanol–water partition coefficient (Wildman–Crippen LogP) is 0.486. The fourth-order valence-corrected chi connectivity index (χ4v) is 4.22. The van der Waals surface area contributed by atoms with Gasteiger partial charge in [0.1, 0.15) is 6.04 Å². The highest BCUT2D eigenvalue weighted by molar-refractivity contribution is 5.87. The topological polar surface area (TPSA) is 87.0 Å². The fraction of sp³-hybridized carbons (Fsp3) is 0.571. The second-order valence-corrected chi connectivity index (χ2v) is 7.88. The molecule has 0 radical (unpaired) electrons. The maximum Gasteiger partial charge on any atom is 0.242 e. The molecule has 0 aliphatic carbocycles. The van der Waals surface area contributed by atoms with Gasteiger partial charge in [0.2, 0.25) is 17.7 Å². The van der Waals surface area contributed by atoms with E-state index in [0.29, 0.717) is 25.6 Å². The number of likely N-dealkylation sites (tertiary alicyclic amines) is 1. The van der Waals surface area contributed by atoms with E-state index < -0.39 is 11.9 Å². The van der Waals surface area contributed by atoms with Crippen LogP contribution >= 0.6 is 0 Å². The standard InChI is InChI=1S/C21H30N4O3/c1-16(26)25-12-11-24(14-19(25)21(22)28)20(27)15-23-9-7-18(8-10-23)13-17-5-3-2-4-6-17/h2-6,18-19H,7-15H2,1H3,(H2,22,28). The molecule has 2 N–H and O–H groups in total. The summed E-state index contributed by atoms with van der Waals surface area (Å²) in [6.45, 7) is 4.61. The number of nitrogens with two attached hydrogens (primary N) is 1. The van der Waals surface area contributed by atoms with E-state index in [1.54, 1.807) is 4.90 Å². The predicted molar refractivity (Wildman–Crippen MR) is 106 cm³/mol. The van der Waals surface area contributed by atoms with Gasteiger partial charge in [0.25, 0.3) is 0 Å². The summed E-state index contributed by atoms with van der Waals surface area (Å²) in [6.07, 6.45) is 3.27. The highest BCUT2D eigenvalue weighted by Crippen LogP contribution is 2.22. The van der Waals surface area contributed by atoms with Crippen molar-refractivity contribution in [1.82, 2.24) is 14.7 Å². The van der Waals surface area contributed by atoms with Gasteiger partial charge < -0.3 is 15.5 Å². The number of primary amides is 1. The van der Waals surface area contributed by atoms with Crippen molar-refractivity contribution in [2.75, 3.05) is 39.3 Å². The zero-order valence-electron chi connectivity index (χ0n) is 16.5. The van der Waals surface area contributed by atoms with E-state index in [1.807, 2.05) is 6.07 Å². The molecular weight excluding hydrogens is 356 g/mol. The van der Waals surface area contributed by atoms with Gasteiger partial charge in [-0.1, -0.05) is 30.3 Å². The van der Waals surface area contributed by atoms with Crippen LogP contribution in [-0.4, -0.2) is 77.7 Å². The molecule has 0 bridgehead atoms. The molecule has 1 aromatic rings. The van der Waals surface area contributed by atoms with Gasteiger partial charge in [0, 0.05) is 20.0 Å². The molecule has 0 saturated carbocycles. The molecule has 28 heavy (non-hydrogen) atoms. The molecule has 0 spiro atoms. The molecule has 0 aromatic heterocycles. The molecule has 2 fully saturated rings. The lowest BCUT2D eigenvalue weighted by molar-refractivity contribution is -0.146. The van der Waals surface area contributed by atoms with E-state index in [9.17, 15) is 14.4 Å². The number of amides is 3. The summed E-state index contributed by atoms with van der Waals surface area (Å²) in [4.78, 5) is 41.4. The Morgan fingerprint density at radius 2 is 1.71 bits per heavy atom. The minimum Gasteiger partial charge on any atom is -0.368 e. The van der Waals surface area contributed by atoms with Crippen LogP contribution in [0.3, 0.4) is 0 Å². The van der Waals surface area contributed by atoms with Crippen molar-refractivity contribution < 1.29 is 14.4 Å². The van der Waals surface area contributed by atoms with Gasteiger partial charge in [-0.05, 0) is 43.8 Å². The van der Waals surface area contributed by atoms with Crippen molar-refractivity contribution in [2.45, 2.75) is 32.2 Å². The van der Waals surface area contributed by atoms with Gasteiger partial charge in [-0.2, -0.15) is 0 Å². The highest BCUT2D eigenvalue weighted by Gasteiger charge is 2.35. The smallest absolute Gasteiger partial charge is 0.242 e. The minimum absolute atomic E-state index is 0.0101. The third kappa shape index (κ3) is 5.10. The second kappa shape index (κ2) is 9.19. The summed E-state index contributed by atoms with van der Waals surface area (Å²) < 4.78 is 0. The van der Waals surface area contributed by atoms with Crippen molar-refractivity contribution in [2.24, 2.45) is 11.7 Å². The Balaban J connectivity index is 1.46. The Morgan fingerprint density at radius 1 is 1.04 bits per heavy atom. The van der Waals surface area contributed by atoms with Gasteiger partial charge in [-0.15, -0.1) is 0 Å². The van der Waals surface area contributed by atoms with Crippen LogP contribution in [0, 0.1) is 5.92 Å². The first kappa shape index (κ1) is 20.3. The van der Waals surface area contributed by atoms with Crippen LogP contribution < -0.4 is 5.73 Å². The number of rotatable bonds is 5. The number of piperazine rings is 1. The average Bonchev–Trinajstić information content (AvgIpc) is 2.69. The summed E-state index contributed by atoms with van der Waals surface area (Å²) in [5.74, 6) is -0.0751. The quantitative estimate of drug-likeness (QED) is 0.798. The lowest BCUT2D eigenvalue weighted by Crippen LogP contribution is -2.61. The van der Waals surface area contributed by atoms with E-state index in [1.165, 1.54) is 17.4 Å². The van der Waals surface area contributed by atoms with E-state index in [4.69, 9.17) is 5.73 Å². The van der Waals surface area contributed by atoms with Gasteiger partial charge in [-0.3, -0.25) is 19.3 Å². The Kier molecular flexibility index (Phi) is 6.67. The zero-order chi connectivity index (χ0) is 20.1. The molecule has 152 valence electrons. The van der Waals surface area contributed by atoms with Crippen molar-refractivity contribution in [3.05, 3.63) is 35.9 Å². The van der Waals surface area contributed by atoms with Crippen LogP contribution in [0.2, 0.25) is 0 Å². The summed E-state index contributed by atoms with van der Waals surface area (Å²) in [5.41, 5.74) is 6.81. The molecule has 3 rings (SSSR count). The van der Waals surface area contributed by atoms with E-state index in [0.717, 1.165) is 32.4 Å². The zero-order valence-corrected chi connectivity index (χ0v) is 16.5. The first-order valence-corrected chi connectivity index (χ1v) is 10.0. The number of hydrogen-bond acceptors (Lipinski definition) is 4. The first-order valence-electron chi connectivity index (χ1n) is 10.0. The molecule has 2 saturated heterocycles. The third-order valence-electron chi connectivity index (χ3n) is 5.90. The lowest BCUT2D eigenvalue weighted by atomic mass is 9.90. The van der Waals surface area contributed by atoms with Gasteiger partial charge in [0.05, 0.1) is 13.1 Å². The summed E-state index contributed by atoms with van der Waals surface area (Å²) in [6, 6.07) is 9.81. The average molecular weight is 386 g/mol. The minimum atomic E-state index is -0.730. The van der Waals surface area contributed by atoms with E-state index >= 15 is 0 Å². The molecule has 7 heteroatoms.